The van der Waals surface area contributed by atoms with Crippen LogP contribution in [0.2, 0.25) is 0 Å². The van der Waals surface area contributed by atoms with E-state index < -0.39 is 15.8 Å². The molecule has 1 aromatic heterocycles. The molecule has 8 nitrogen and oxygen atoms in total. The maximum Gasteiger partial charge on any atom is 0.335 e. The number of nitrogens with zero attached hydrogens (tertiary/aromatic N) is 2. The van der Waals surface area contributed by atoms with Crippen molar-refractivity contribution < 1.29 is 18.3 Å². The molecule has 9 heteroatoms. The van der Waals surface area contributed by atoms with Crippen LogP contribution in [-0.4, -0.2) is 35.2 Å². The average molecular weight is 398 g/mol. The molecule has 3 aromatic rings. The fourth-order valence-electron chi connectivity index (χ4n) is 2.42. The minimum Gasteiger partial charge on any atom is -0.478 e. The Bertz CT molecular complexity index is 1100. The Labute approximate surface area is 162 Å². The second-order valence-corrected chi connectivity index (χ2v) is 8.13. The van der Waals surface area contributed by atoms with Crippen molar-refractivity contribution in [1.82, 2.24) is 9.97 Å². The maximum absolute atomic E-state index is 12.0. The van der Waals surface area contributed by atoms with Gasteiger partial charge < -0.3 is 15.7 Å². The Kier molecular flexibility index (Phi) is 5.55. The molecular formula is C19H18N4O4S. The lowest BCUT2D eigenvalue weighted by molar-refractivity contribution is 0.0697. The van der Waals surface area contributed by atoms with E-state index >= 15 is 0 Å². The Morgan fingerprint density at radius 3 is 2.21 bits per heavy atom. The van der Waals surface area contributed by atoms with Crippen LogP contribution in [0.15, 0.2) is 65.8 Å². The number of carboxylic acid groups (broad SMARTS) is 1. The molecule has 1 heterocycles. The maximum atomic E-state index is 12.0. The van der Waals surface area contributed by atoms with Crippen molar-refractivity contribution in [3.8, 4) is 0 Å². The number of hydrogen-bond donors (Lipinski definition) is 3. The molecule has 0 radical (unpaired) electrons. The summed E-state index contributed by atoms with van der Waals surface area (Å²) in [6, 6.07) is 14.4. The van der Waals surface area contributed by atoms with Gasteiger partial charge in [-0.15, -0.1) is 0 Å². The summed E-state index contributed by atoms with van der Waals surface area (Å²) in [5.41, 5.74) is 1.45. The van der Waals surface area contributed by atoms with Gasteiger partial charge in [0.05, 0.1) is 16.2 Å². The van der Waals surface area contributed by atoms with Gasteiger partial charge in [0.1, 0.15) is 18.0 Å². The Balaban J connectivity index is 1.77. The lowest BCUT2D eigenvalue weighted by Gasteiger charge is -2.10. The summed E-state index contributed by atoms with van der Waals surface area (Å²) in [4.78, 5) is 19.4. The van der Waals surface area contributed by atoms with Crippen LogP contribution in [-0.2, 0) is 9.84 Å². The minimum absolute atomic E-state index is 0.0265. The second kappa shape index (κ2) is 8.05. The largest absolute Gasteiger partial charge is 0.478 e. The zero-order valence-corrected chi connectivity index (χ0v) is 15.8. The average Bonchev–Trinajstić information content (AvgIpc) is 2.69. The molecule has 0 spiro atoms. The molecule has 0 saturated carbocycles. The van der Waals surface area contributed by atoms with Crippen LogP contribution in [0.1, 0.15) is 17.3 Å². The minimum atomic E-state index is -3.30. The highest BCUT2D eigenvalue weighted by Crippen LogP contribution is 2.22. The third kappa shape index (κ3) is 4.63. The number of carboxylic acids is 1. The molecule has 0 bridgehead atoms. The van der Waals surface area contributed by atoms with Crippen LogP contribution < -0.4 is 10.6 Å². The Morgan fingerprint density at radius 1 is 0.964 bits per heavy atom. The molecule has 144 valence electrons. The standard InChI is InChI=1S/C19H18N4O4S/c1-2-28(26,27)16-5-3-4-15(10-16)23-18-11-17(20-12-21-18)22-14-8-6-13(7-9-14)19(24)25/h3-12H,2H2,1H3,(H,24,25)(H2,20,21,22,23). The summed E-state index contributed by atoms with van der Waals surface area (Å²) in [5.74, 6) is 0.00889. The molecule has 0 saturated heterocycles. The molecule has 0 aliphatic heterocycles. The van der Waals surface area contributed by atoms with Crippen LogP contribution in [0, 0.1) is 0 Å². The van der Waals surface area contributed by atoms with Crippen molar-refractivity contribution in [2.45, 2.75) is 11.8 Å². The molecule has 0 aliphatic carbocycles. The van der Waals surface area contributed by atoms with Crippen LogP contribution in [0.5, 0.6) is 0 Å². The van der Waals surface area contributed by atoms with Gasteiger partial charge in [0.25, 0.3) is 0 Å². The predicted octanol–water partition coefficient (Wildman–Crippen LogP) is 3.46. The first-order chi connectivity index (χ1) is 13.4. The quantitative estimate of drug-likeness (QED) is 0.553. The van der Waals surface area contributed by atoms with Crippen molar-refractivity contribution in [1.29, 1.82) is 0 Å². The normalized spacial score (nSPS) is 11.0. The number of hydrogen-bond acceptors (Lipinski definition) is 7. The van der Waals surface area contributed by atoms with E-state index in [1.165, 1.54) is 18.5 Å². The molecule has 0 atom stereocenters. The summed E-state index contributed by atoms with van der Waals surface area (Å²) in [6.07, 6.45) is 1.36. The van der Waals surface area contributed by atoms with Gasteiger partial charge in [-0.25, -0.2) is 23.2 Å². The highest BCUT2D eigenvalue weighted by atomic mass is 32.2. The van der Waals surface area contributed by atoms with E-state index in [0.29, 0.717) is 23.0 Å². The molecule has 3 N–H and O–H groups in total. The first-order valence-electron chi connectivity index (χ1n) is 8.39. The van der Waals surface area contributed by atoms with E-state index in [1.54, 1.807) is 49.4 Å². The number of rotatable bonds is 7. The smallest absolute Gasteiger partial charge is 0.335 e. The lowest BCUT2D eigenvalue weighted by Crippen LogP contribution is -2.04. The fourth-order valence-corrected chi connectivity index (χ4v) is 3.35. The van der Waals surface area contributed by atoms with Gasteiger partial charge in [-0.3, -0.25) is 0 Å². The molecule has 0 fully saturated rings. The van der Waals surface area contributed by atoms with Crippen molar-refractivity contribution in [3.63, 3.8) is 0 Å². The highest BCUT2D eigenvalue weighted by Gasteiger charge is 2.12. The van der Waals surface area contributed by atoms with E-state index in [-0.39, 0.29) is 16.2 Å². The van der Waals surface area contributed by atoms with Crippen molar-refractivity contribution in [2.75, 3.05) is 16.4 Å². The predicted molar refractivity (Wildman–Crippen MR) is 106 cm³/mol. The van der Waals surface area contributed by atoms with Gasteiger partial charge in [-0.05, 0) is 42.5 Å². The summed E-state index contributed by atoms with van der Waals surface area (Å²) in [7, 11) is -3.30. The number of anilines is 4. The van der Waals surface area contributed by atoms with Crippen LogP contribution in [0.25, 0.3) is 0 Å². The van der Waals surface area contributed by atoms with Crippen molar-refractivity contribution in [2.24, 2.45) is 0 Å². The second-order valence-electron chi connectivity index (χ2n) is 5.85. The zero-order chi connectivity index (χ0) is 20.1. The summed E-state index contributed by atoms with van der Waals surface area (Å²) in [6.45, 7) is 1.60. The molecule has 28 heavy (non-hydrogen) atoms. The summed E-state index contributed by atoms with van der Waals surface area (Å²) >= 11 is 0. The lowest BCUT2D eigenvalue weighted by atomic mass is 10.2. The van der Waals surface area contributed by atoms with Crippen LogP contribution >= 0.6 is 0 Å². The Morgan fingerprint density at radius 2 is 1.61 bits per heavy atom. The van der Waals surface area contributed by atoms with Crippen LogP contribution in [0.4, 0.5) is 23.0 Å². The van der Waals surface area contributed by atoms with Gasteiger partial charge in [-0.1, -0.05) is 13.0 Å². The SMILES string of the molecule is CCS(=O)(=O)c1cccc(Nc2cc(Nc3ccc(C(=O)O)cc3)ncn2)c1. The molecule has 0 unspecified atom stereocenters. The molecular weight excluding hydrogens is 380 g/mol. The van der Waals surface area contributed by atoms with Gasteiger partial charge in [0.15, 0.2) is 9.84 Å². The van der Waals surface area contributed by atoms with Gasteiger partial charge in [0, 0.05) is 17.4 Å². The van der Waals surface area contributed by atoms with Crippen LogP contribution in [0.3, 0.4) is 0 Å². The third-order valence-corrected chi connectivity index (χ3v) is 5.65. The fraction of sp³-hybridized carbons (Fsp3) is 0.105. The number of nitrogens with one attached hydrogen (secondary N) is 2. The van der Waals surface area contributed by atoms with E-state index in [0.717, 1.165) is 0 Å². The number of benzene rings is 2. The first-order valence-corrected chi connectivity index (χ1v) is 10.0. The van der Waals surface area contributed by atoms with E-state index in [4.69, 9.17) is 5.11 Å². The first kappa shape index (κ1) is 19.3. The molecule has 2 aromatic carbocycles. The van der Waals surface area contributed by atoms with E-state index in [1.807, 2.05) is 0 Å². The van der Waals surface area contributed by atoms with Crippen molar-refractivity contribution in [3.05, 3.63) is 66.5 Å². The molecule has 3 rings (SSSR count). The Hall–Kier alpha value is -3.46. The zero-order valence-electron chi connectivity index (χ0n) is 15.0. The third-order valence-electron chi connectivity index (χ3n) is 3.92. The monoisotopic (exact) mass is 398 g/mol. The van der Waals surface area contributed by atoms with Gasteiger partial charge in [-0.2, -0.15) is 0 Å². The van der Waals surface area contributed by atoms with E-state index in [9.17, 15) is 13.2 Å². The number of aromatic carboxylic acids is 1. The summed E-state index contributed by atoms with van der Waals surface area (Å²) in [5, 5.41) is 15.1. The van der Waals surface area contributed by atoms with E-state index in [2.05, 4.69) is 20.6 Å². The highest BCUT2D eigenvalue weighted by molar-refractivity contribution is 7.91. The molecule has 0 amide bonds. The number of carbonyl (C=O) groups is 1. The van der Waals surface area contributed by atoms with Gasteiger partial charge in [0.2, 0.25) is 0 Å². The van der Waals surface area contributed by atoms with Crippen molar-refractivity contribution >= 4 is 38.8 Å². The molecule has 0 aliphatic rings. The van der Waals surface area contributed by atoms with Gasteiger partial charge >= 0.3 is 5.97 Å². The number of aromatic nitrogens is 2. The summed E-state index contributed by atoms with van der Waals surface area (Å²) < 4.78 is 24.1. The number of sulfone groups is 1. The topological polar surface area (TPSA) is 121 Å².